The van der Waals surface area contributed by atoms with E-state index in [-0.39, 0.29) is 6.04 Å². The molecule has 8 nitrogen and oxygen atoms in total. The number of halogens is 1. The number of ether oxygens (including phenoxy) is 1. The van der Waals surface area contributed by atoms with Gasteiger partial charge in [0.25, 0.3) is 0 Å². The molecule has 2 amide bonds. The standard InChI is InChI=1S/C19H25ClN6O2/c1-13-9-22-18(10-21-13)24-19(27)23-16-8-14(20)4-5-17(16)28-12-15-11-25(2)6-7-26(15)3/h4-5,8-10,15H,6-7,11-12H2,1-3H3,(H2,22,23,24,27). The van der Waals surface area contributed by atoms with Crippen LogP contribution >= 0.6 is 11.6 Å². The number of hydrogen-bond acceptors (Lipinski definition) is 6. The van der Waals surface area contributed by atoms with Crippen molar-refractivity contribution in [3.05, 3.63) is 41.3 Å². The molecule has 1 aromatic heterocycles. The Morgan fingerprint density at radius 2 is 2.07 bits per heavy atom. The van der Waals surface area contributed by atoms with Gasteiger partial charge in [-0.15, -0.1) is 0 Å². The lowest BCUT2D eigenvalue weighted by Crippen LogP contribution is -2.52. The summed E-state index contributed by atoms with van der Waals surface area (Å²) in [6, 6.07) is 4.99. The van der Waals surface area contributed by atoms with Crippen LogP contribution < -0.4 is 15.4 Å². The number of likely N-dealkylation sites (N-methyl/N-ethyl adjacent to an activating group) is 2. The van der Waals surface area contributed by atoms with E-state index in [4.69, 9.17) is 16.3 Å². The zero-order chi connectivity index (χ0) is 20.1. The lowest BCUT2D eigenvalue weighted by Gasteiger charge is -2.37. The molecule has 0 bridgehead atoms. The van der Waals surface area contributed by atoms with Gasteiger partial charge in [-0.25, -0.2) is 9.78 Å². The van der Waals surface area contributed by atoms with E-state index in [1.807, 2.05) is 6.92 Å². The second kappa shape index (κ2) is 9.18. The van der Waals surface area contributed by atoms with E-state index in [1.165, 1.54) is 6.20 Å². The van der Waals surface area contributed by atoms with Crippen LogP contribution in [-0.4, -0.2) is 72.2 Å². The van der Waals surface area contributed by atoms with Gasteiger partial charge in [-0.1, -0.05) is 11.6 Å². The molecule has 1 fully saturated rings. The molecule has 2 N–H and O–H groups in total. The molecule has 1 aliphatic rings. The molecule has 1 aromatic carbocycles. The molecule has 3 rings (SSSR count). The molecular formula is C19H25ClN6O2. The van der Waals surface area contributed by atoms with Gasteiger partial charge < -0.3 is 15.0 Å². The normalized spacial score (nSPS) is 17.9. The number of hydrogen-bond donors (Lipinski definition) is 2. The topological polar surface area (TPSA) is 82.6 Å². The number of aromatic nitrogens is 2. The van der Waals surface area contributed by atoms with E-state index < -0.39 is 6.03 Å². The molecule has 0 saturated carbocycles. The van der Waals surface area contributed by atoms with Crippen molar-refractivity contribution in [3.8, 4) is 5.75 Å². The van der Waals surface area contributed by atoms with Crippen LogP contribution in [0.2, 0.25) is 5.02 Å². The predicted molar refractivity (Wildman–Crippen MR) is 110 cm³/mol. The summed E-state index contributed by atoms with van der Waals surface area (Å²) in [6.45, 7) is 5.31. The monoisotopic (exact) mass is 404 g/mol. The van der Waals surface area contributed by atoms with Gasteiger partial charge in [0.1, 0.15) is 12.4 Å². The highest BCUT2D eigenvalue weighted by molar-refractivity contribution is 6.31. The number of piperazine rings is 1. The average molecular weight is 405 g/mol. The van der Waals surface area contributed by atoms with E-state index in [0.717, 1.165) is 25.3 Å². The van der Waals surface area contributed by atoms with Crippen LogP contribution in [0.1, 0.15) is 5.69 Å². The molecule has 1 unspecified atom stereocenters. The summed E-state index contributed by atoms with van der Waals surface area (Å²) in [7, 11) is 4.20. The number of carbonyl (C=O) groups excluding carboxylic acids is 1. The fourth-order valence-corrected chi connectivity index (χ4v) is 3.09. The fourth-order valence-electron chi connectivity index (χ4n) is 2.92. The van der Waals surface area contributed by atoms with E-state index in [9.17, 15) is 4.79 Å². The van der Waals surface area contributed by atoms with Gasteiger partial charge in [-0.05, 0) is 39.2 Å². The Morgan fingerprint density at radius 1 is 1.25 bits per heavy atom. The lowest BCUT2D eigenvalue weighted by molar-refractivity contribution is 0.0783. The molecule has 0 radical (unpaired) electrons. The first-order valence-electron chi connectivity index (χ1n) is 9.08. The maximum absolute atomic E-state index is 12.3. The zero-order valence-electron chi connectivity index (χ0n) is 16.3. The highest BCUT2D eigenvalue weighted by Gasteiger charge is 2.23. The van der Waals surface area contributed by atoms with E-state index >= 15 is 0 Å². The van der Waals surface area contributed by atoms with Gasteiger partial charge in [-0.3, -0.25) is 15.2 Å². The molecule has 9 heteroatoms. The second-order valence-corrected chi connectivity index (χ2v) is 7.41. The maximum Gasteiger partial charge on any atom is 0.325 e. The molecule has 0 aliphatic carbocycles. The maximum atomic E-state index is 12.3. The minimum atomic E-state index is -0.445. The molecule has 150 valence electrons. The highest BCUT2D eigenvalue weighted by atomic mass is 35.5. The van der Waals surface area contributed by atoms with Gasteiger partial charge in [0.2, 0.25) is 0 Å². The molecule has 28 heavy (non-hydrogen) atoms. The third kappa shape index (κ3) is 5.54. The second-order valence-electron chi connectivity index (χ2n) is 6.97. The van der Waals surface area contributed by atoms with Crippen molar-refractivity contribution in [2.45, 2.75) is 13.0 Å². The van der Waals surface area contributed by atoms with Crippen molar-refractivity contribution < 1.29 is 9.53 Å². The van der Waals surface area contributed by atoms with Gasteiger partial charge >= 0.3 is 6.03 Å². The Hall–Kier alpha value is -2.42. The summed E-state index contributed by atoms with van der Waals surface area (Å²) in [5.41, 5.74) is 1.27. The lowest BCUT2D eigenvalue weighted by atomic mass is 10.2. The molecular weight excluding hydrogens is 380 g/mol. The summed E-state index contributed by atoms with van der Waals surface area (Å²) in [4.78, 5) is 25.1. The van der Waals surface area contributed by atoms with Gasteiger partial charge in [0, 0.05) is 24.7 Å². The summed E-state index contributed by atoms with van der Waals surface area (Å²) in [5, 5.41) is 5.92. The number of nitrogens with one attached hydrogen (secondary N) is 2. The van der Waals surface area contributed by atoms with Gasteiger partial charge in [-0.2, -0.15) is 0 Å². The van der Waals surface area contributed by atoms with Gasteiger partial charge in [0.05, 0.1) is 29.8 Å². The van der Waals surface area contributed by atoms with Crippen LogP contribution in [0.3, 0.4) is 0 Å². The first-order valence-corrected chi connectivity index (χ1v) is 9.46. The van der Waals surface area contributed by atoms with E-state index in [1.54, 1.807) is 24.4 Å². The number of rotatable bonds is 5. The molecule has 2 heterocycles. The van der Waals surface area contributed by atoms with Crippen molar-refractivity contribution in [3.63, 3.8) is 0 Å². The quantitative estimate of drug-likeness (QED) is 0.797. The number of anilines is 2. The summed E-state index contributed by atoms with van der Waals surface area (Å²) in [5.74, 6) is 0.927. The summed E-state index contributed by atoms with van der Waals surface area (Å²) in [6.07, 6.45) is 3.08. The first-order chi connectivity index (χ1) is 13.4. The van der Waals surface area contributed by atoms with E-state index in [2.05, 4.69) is 44.5 Å². The number of nitrogens with zero attached hydrogens (tertiary/aromatic N) is 4. The highest BCUT2D eigenvalue weighted by Crippen LogP contribution is 2.28. The third-order valence-corrected chi connectivity index (χ3v) is 4.86. The first kappa shape index (κ1) is 20.3. The van der Waals surface area contributed by atoms with Crippen LogP contribution in [0.15, 0.2) is 30.6 Å². The zero-order valence-corrected chi connectivity index (χ0v) is 17.0. The number of amides is 2. The minimum Gasteiger partial charge on any atom is -0.490 e. The van der Waals surface area contributed by atoms with E-state index in [0.29, 0.717) is 28.9 Å². The van der Waals surface area contributed by atoms with Crippen molar-refractivity contribution in [2.24, 2.45) is 0 Å². The Bertz CT molecular complexity index is 817. The Balaban J connectivity index is 1.64. The Morgan fingerprint density at radius 3 is 2.82 bits per heavy atom. The predicted octanol–water partition coefficient (Wildman–Crippen LogP) is 2.71. The molecule has 1 saturated heterocycles. The molecule has 1 aliphatic heterocycles. The van der Waals surface area contributed by atoms with Crippen LogP contribution in [0.4, 0.5) is 16.3 Å². The average Bonchev–Trinajstić information content (AvgIpc) is 2.65. The third-order valence-electron chi connectivity index (χ3n) is 4.62. The number of aryl methyl sites for hydroxylation is 1. The van der Waals surface area contributed by atoms with Crippen molar-refractivity contribution in [2.75, 3.05) is 51.0 Å². The van der Waals surface area contributed by atoms with Crippen molar-refractivity contribution in [1.29, 1.82) is 0 Å². The smallest absolute Gasteiger partial charge is 0.325 e. The summed E-state index contributed by atoms with van der Waals surface area (Å²) >= 11 is 6.10. The Kier molecular flexibility index (Phi) is 6.66. The number of urea groups is 1. The van der Waals surface area contributed by atoms with Gasteiger partial charge in [0.15, 0.2) is 5.82 Å². The molecule has 0 spiro atoms. The number of carbonyl (C=O) groups is 1. The SMILES string of the molecule is Cc1cnc(NC(=O)Nc2cc(Cl)ccc2OCC2CN(C)CCN2C)cn1. The van der Waals surface area contributed by atoms with Crippen LogP contribution in [-0.2, 0) is 0 Å². The van der Waals surface area contributed by atoms with Crippen LogP contribution in [0, 0.1) is 6.92 Å². The minimum absolute atomic E-state index is 0.277. The molecule has 2 aromatic rings. The largest absolute Gasteiger partial charge is 0.490 e. The van der Waals surface area contributed by atoms with Crippen LogP contribution in [0.5, 0.6) is 5.75 Å². The Labute approximate surface area is 169 Å². The van der Waals surface area contributed by atoms with Crippen molar-refractivity contribution in [1.82, 2.24) is 19.8 Å². The number of benzene rings is 1. The summed E-state index contributed by atoms with van der Waals surface area (Å²) < 4.78 is 6.02. The van der Waals surface area contributed by atoms with Crippen LogP contribution in [0.25, 0.3) is 0 Å². The fraction of sp³-hybridized carbons (Fsp3) is 0.421. The van der Waals surface area contributed by atoms with Crippen molar-refractivity contribution >= 4 is 29.1 Å². The molecule has 1 atom stereocenters.